The van der Waals surface area contributed by atoms with E-state index in [2.05, 4.69) is 15.2 Å². The summed E-state index contributed by atoms with van der Waals surface area (Å²) in [5, 5.41) is 15.9. The maximum atomic E-state index is 12.7. The van der Waals surface area contributed by atoms with Gasteiger partial charge in [0.05, 0.1) is 28.0 Å². The zero-order valence-electron chi connectivity index (χ0n) is 13.2. The van der Waals surface area contributed by atoms with Crippen LogP contribution in [-0.4, -0.2) is 15.2 Å². The lowest BCUT2D eigenvalue weighted by Crippen LogP contribution is -2.13. The first kappa shape index (κ1) is 18.0. The van der Waals surface area contributed by atoms with Gasteiger partial charge in [0.2, 0.25) is 0 Å². The summed E-state index contributed by atoms with van der Waals surface area (Å²) in [7, 11) is 0. The third-order valence-corrected chi connectivity index (χ3v) is 3.55. The number of alkyl halides is 3. The van der Waals surface area contributed by atoms with Gasteiger partial charge in [0, 0.05) is 22.9 Å². The molecule has 1 N–H and O–H groups in total. The van der Waals surface area contributed by atoms with Gasteiger partial charge >= 0.3 is 6.18 Å². The molecule has 0 amide bonds. The van der Waals surface area contributed by atoms with Crippen LogP contribution in [0, 0.1) is 11.3 Å². The monoisotopic (exact) mass is 354 g/mol. The first-order chi connectivity index (χ1) is 11.0. The number of rotatable bonds is 2. The molecule has 0 aliphatic heterocycles. The van der Waals surface area contributed by atoms with Gasteiger partial charge in [-0.3, -0.25) is 10.1 Å². The van der Waals surface area contributed by atoms with Crippen LogP contribution < -0.4 is 0 Å². The largest absolute Gasteiger partial charge is 0.417 e. The van der Waals surface area contributed by atoms with Crippen molar-refractivity contribution in [3.05, 3.63) is 46.0 Å². The Kier molecular flexibility index (Phi) is 4.72. The summed E-state index contributed by atoms with van der Waals surface area (Å²) in [6, 6.07) is 2.68. The average molecular weight is 355 g/mol. The Labute approximate surface area is 142 Å². The van der Waals surface area contributed by atoms with Gasteiger partial charge in [-0.25, -0.2) is 0 Å². The van der Waals surface area contributed by atoms with E-state index >= 15 is 0 Å². The Bertz CT molecular complexity index is 823. The lowest BCUT2D eigenvalue weighted by atomic mass is 9.89. The van der Waals surface area contributed by atoms with Crippen molar-refractivity contribution in [1.29, 1.82) is 5.26 Å². The highest BCUT2D eigenvalue weighted by molar-refractivity contribution is 6.32. The lowest BCUT2D eigenvalue weighted by Gasteiger charge is -2.17. The molecule has 24 heavy (non-hydrogen) atoms. The molecular weight excluding hydrogens is 341 g/mol. The van der Waals surface area contributed by atoms with Crippen LogP contribution in [0.5, 0.6) is 0 Å². The minimum Gasteiger partial charge on any atom is -0.281 e. The number of allylic oxidation sites excluding steroid dienone is 1. The summed E-state index contributed by atoms with van der Waals surface area (Å²) in [5.41, 5.74) is 0.275. The van der Waals surface area contributed by atoms with E-state index in [9.17, 15) is 18.4 Å². The Morgan fingerprint density at radius 2 is 1.96 bits per heavy atom. The second-order valence-corrected chi connectivity index (χ2v) is 6.58. The van der Waals surface area contributed by atoms with E-state index in [-0.39, 0.29) is 21.7 Å². The molecule has 2 heterocycles. The second kappa shape index (κ2) is 6.29. The molecule has 0 aromatic carbocycles. The van der Waals surface area contributed by atoms with Crippen molar-refractivity contribution in [2.75, 3.05) is 0 Å². The van der Waals surface area contributed by atoms with Crippen LogP contribution in [0.25, 0.3) is 11.6 Å². The van der Waals surface area contributed by atoms with Gasteiger partial charge in [0.25, 0.3) is 0 Å². The molecule has 0 spiro atoms. The first-order valence-corrected chi connectivity index (χ1v) is 7.30. The van der Waals surface area contributed by atoms with E-state index in [0.29, 0.717) is 11.8 Å². The number of nitrogens with zero attached hydrogens (tertiary/aromatic N) is 3. The van der Waals surface area contributed by atoms with Crippen molar-refractivity contribution in [2.24, 2.45) is 0 Å². The van der Waals surface area contributed by atoms with E-state index in [1.807, 2.05) is 26.8 Å². The molecule has 4 nitrogen and oxygen atoms in total. The second-order valence-electron chi connectivity index (χ2n) is 6.17. The van der Waals surface area contributed by atoms with Crippen molar-refractivity contribution in [3.8, 4) is 6.07 Å². The first-order valence-electron chi connectivity index (χ1n) is 6.93. The predicted octanol–water partition coefficient (Wildman–Crippen LogP) is 4.84. The number of halogens is 4. The maximum Gasteiger partial charge on any atom is 0.417 e. The van der Waals surface area contributed by atoms with Crippen molar-refractivity contribution in [1.82, 2.24) is 15.2 Å². The van der Waals surface area contributed by atoms with E-state index in [1.54, 1.807) is 0 Å². The van der Waals surface area contributed by atoms with Crippen LogP contribution in [-0.2, 0) is 11.6 Å². The lowest BCUT2D eigenvalue weighted by molar-refractivity contribution is -0.137. The fourth-order valence-electron chi connectivity index (χ4n) is 2.11. The smallest absolute Gasteiger partial charge is 0.281 e. The number of H-pyrrole nitrogens is 1. The van der Waals surface area contributed by atoms with Crippen LogP contribution in [0.4, 0.5) is 13.2 Å². The number of hydrogen-bond acceptors (Lipinski definition) is 3. The van der Waals surface area contributed by atoms with E-state index in [4.69, 9.17) is 11.6 Å². The van der Waals surface area contributed by atoms with Crippen LogP contribution in [0.3, 0.4) is 0 Å². The highest BCUT2D eigenvalue weighted by Gasteiger charge is 2.32. The number of aromatic nitrogens is 3. The molecular formula is C16H14ClF3N4. The minimum absolute atomic E-state index is 0.00627. The van der Waals surface area contributed by atoms with E-state index in [0.717, 1.165) is 11.8 Å². The molecule has 0 unspecified atom stereocenters. The van der Waals surface area contributed by atoms with Crippen LogP contribution >= 0.6 is 11.6 Å². The SMILES string of the molecule is CC(C)(C)c1[nH]ncc1/C=C(\C#N)c1ncc(C(F)(F)F)cc1Cl. The Hall–Kier alpha value is -2.33. The molecule has 2 aromatic heterocycles. The van der Waals surface area contributed by atoms with Crippen molar-refractivity contribution >= 4 is 23.3 Å². The van der Waals surface area contributed by atoms with Crippen molar-refractivity contribution in [3.63, 3.8) is 0 Å². The Morgan fingerprint density at radius 3 is 2.46 bits per heavy atom. The molecule has 8 heteroatoms. The van der Waals surface area contributed by atoms with E-state index in [1.165, 1.54) is 12.3 Å². The quantitative estimate of drug-likeness (QED) is 0.785. The molecule has 0 atom stereocenters. The molecule has 0 fully saturated rings. The number of nitrogens with one attached hydrogen (secondary N) is 1. The molecule has 126 valence electrons. The Morgan fingerprint density at radius 1 is 1.29 bits per heavy atom. The van der Waals surface area contributed by atoms with Gasteiger partial charge in [0.15, 0.2) is 0 Å². The average Bonchev–Trinajstić information content (AvgIpc) is 2.92. The maximum absolute atomic E-state index is 12.7. The number of aromatic amines is 1. The Balaban J connectivity index is 2.51. The van der Waals surface area contributed by atoms with Crippen LogP contribution in [0.15, 0.2) is 18.5 Å². The topological polar surface area (TPSA) is 65.4 Å². The molecule has 0 saturated heterocycles. The zero-order valence-corrected chi connectivity index (χ0v) is 13.9. The summed E-state index contributed by atoms with van der Waals surface area (Å²) in [6.45, 7) is 5.90. The molecule has 0 aliphatic rings. The number of nitriles is 1. The fraction of sp³-hybridized carbons (Fsp3) is 0.312. The van der Waals surface area contributed by atoms with Gasteiger partial charge in [-0.15, -0.1) is 0 Å². The normalized spacial score (nSPS) is 13.0. The highest BCUT2D eigenvalue weighted by Crippen LogP contribution is 2.33. The fourth-order valence-corrected chi connectivity index (χ4v) is 2.37. The molecule has 0 bridgehead atoms. The summed E-state index contributed by atoms with van der Waals surface area (Å²) >= 11 is 5.90. The highest BCUT2D eigenvalue weighted by atomic mass is 35.5. The molecule has 2 aromatic rings. The predicted molar refractivity (Wildman–Crippen MR) is 85.0 cm³/mol. The summed E-state index contributed by atoms with van der Waals surface area (Å²) in [4.78, 5) is 3.71. The molecule has 0 radical (unpaired) electrons. The molecule has 0 aliphatic carbocycles. The van der Waals surface area contributed by atoms with Gasteiger partial charge in [-0.05, 0) is 12.1 Å². The van der Waals surface area contributed by atoms with Gasteiger partial charge < -0.3 is 0 Å². The third kappa shape index (κ3) is 3.77. The molecule has 0 saturated carbocycles. The number of hydrogen-bond donors (Lipinski definition) is 1. The minimum atomic E-state index is -4.55. The summed E-state index contributed by atoms with van der Waals surface area (Å²) in [6.07, 6.45) is -0.844. The van der Waals surface area contributed by atoms with Crippen molar-refractivity contribution in [2.45, 2.75) is 32.4 Å². The van der Waals surface area contributed by atoms with Gasteiger partial charge in [0.1, 0.15) is 6.07 Å². The van der Waals surface area contributed by atoms with Crippen molar-refractivity contribution < 1.29 is 13.2 Å². The van der Waals surface area contributed by atoms with Gasteiger partial charge in [-0.1, -0.05) is 32.4 Å². The standard InChI is InChI=1S/C16H14ClF3N4/c1-15(2,3)14-10(7-23-24-14)4-9(6-21)13-12(17)5-11(8-22-13)16(18,19)20/h4-5,7-8H,1-3H3,(H,23,24)/b9-4+. The zero-order chi connectivity index (χ0) is 18.1. The van der Waals surface area contributed by atoms with Crippen LogP contribution in [0.2, 0.25) is 5.02 Å². The number of pyridine rings is 1. The summed E-state index contributed by atoms with van der Waals surface area (Å²) in [5.74, 6) is 0. The third-order valence-electron chi connectivity index (χ3n) is 3.26. The molecule has 2 rings (SSSR count). The van der Waals surface area contributed by atoms with Gasteiger partial charge in [-0.2, -0.15) is 23.5 Å². The van der Waals surface area contributed by atoms with E-state index < -0.39 is 11.7 Å². The summed E-state index contributed by atoms with van der Waals surface area (Å²) < 4.78 is 38.0. The van der Waals surface area contributed by atoms with Crippen LogP contribution in [0.1, 0.15) is 43.3 Å².